The second-order valence-electron chi connectivity index (χ2n) is 5.68. The van der Waals surface area contributed by atoms with Crippen molar-refractivity contribution in [3.8, 4) is 0 Å². The Morgan fingerprint density at radius 1 is 1.26 bits per heavy atom. The van der Waals surface area contributed by atoms with Crippen LogP contribution >= 0.6 is 0 Å². The van der Waals surface area contributed by atoms with E-state index in [4.69, 9.17) is 10.7 Å². The van der Waals surface area contributed by atoms with Gasteiger partial charge in [0.1, 0.15) is 0 Å². The second kappa shape index (κ2) is 6.33. The SMILES string of the molecule is CCCN(c1nc(C)cnc1C)C1CCC(N)CC1. The maximum Gasteiger partial charge on any atom is 0.150 e. The Hall–Kier alpha value is -1.16. The second-order valence-corrected chi connectivity index (χ2v) is 5.68. The Bertz CT molecular complexity index is 411. The van der Waals surface area contributed by atoms with Gasteiger partial charge < -0.3 is 10.6 Å². The highest BCUT2D eigenvalue weighted by Gasteiger charge is 2.26. The van der Waals surface area contributed by atoms with E-state index >= 15 is 0 Å². The van der Waals surface area contributed by atoms with Gasteiger partial charge in [-0.15, -0.1) is 0 Å². The zero-order valence-corrected chi connectivity index (χ0v) is 12.4. The summed E-state index contributed by atoms with van der Waals surface area (Å²) in [5.74, 6) is 1.07. The fourth-order valence-electron chi connectivity index (χ4n) is 2.91. The summed E-state index contributed by atoms with van der Waals surface area (Å²) in [6, 6.07) is 0.971. The van der Waals surface area contributed by atoms with Crippen LogP contribution in [0.4, 0.5) is 5.82 Å². The van der Waals surface area contributed by atoms with Gasteiger partial charge in [-0.1, -0.05) is 6.92 Å². The van der Waals surface area contributed by atoms with Gasteiger partial charge in [0.15, 0.2) is 5.82 Å². The molecule has 1 saturated carbocycles. The van der Waals surface area contributed by atoms with Gasteiger partial charge in [0.05, 0.1) is 11.4 Å². The summed E-state index contributed by atoms with van der Waals surface area (Å²) in [5, 5.41) is 0. The lowest BCUT2D eigenvalue weighted by Crippen LogP contribution is -2.42. The highest BCUT2D eigenvalue weighted by atomic mass is 15.2. The van der Waals surface area contributed by atoms with E-state index in [1.807, 2.05) is 13.1 Å². The van der Waals surface area contributed by atoms with E-state index in [0.29, 0.717) is 12.1 Å². The molecule has 0 radical (unpaired) electrons. The number of hydrogen-bond donors (Lipinski definition) is 1. The van der Waals surface area contributed by atoms with Crippen LogP contribution in [0, 0.1) is 13.8 Å². The van der Waals surface area contributed by atoms with Crippen LogP contribution in [0.25, 0.3) is 0 Å². The first-order valence-electron chi connectivity index (χ1n) is 7.44. The summed E-state index contributed by atoms with van der Waals surface area (Å²) in [7, 11) is 0. The quantitative estimate of drug-likeness (QED) is 0.906. The number of rotatable bonds is 4. The number of nitrogens with two attached hydrogens (primary N) is 1. The van der Waals surface area contributed by atoms with Crippen LogP contribution in [0.15, 0.2) is 6.20 Å². The van der Waals surface area contributed by atoms with Crippen molar-refractivity contribution in [3.05, 3.63) is 17.6 Å². The van der Waals surface area contributed by atoms with Crippen LogP contribution in [0.3, 0.4) is 0 Å². The molecule has 1 aliphatic carbocycles. The average Bonchev–Trinajstić information content (AvgIpc) is 2.40. The van der Waals surface area contributed by atoms with Gasteiger partial charge in [0.25, 0.3) is 0 Å². The lowest BCUT2D eigenvalue weighted by Gasteiger charge is -2.37. The van der Waals surface area contributed by atoms with Crippen molar-refractivity contribution in [2.75, 3.05) is 11.4 Å². The van der Waals surface area contributed by atoms with Crippen molar-refractivity contribution in [2.24, 2.45) is 5.73 Å². The van der Waals surface area contributed by atoms with E-state index in [1.54, 1.807) is 0 Å². The number of aromatic nitrogens is 2. The molecule has 0 saturated heterocycles. The molecule has 19 heavy (non-hydrogen) atoms. The van der Waals surface area contributed by atoms with Gasteiger partial charge in [-0.3, -0.25) is 4.98 Å². The van der Waals surface area contributed by atoms with Gasteiger partial charge in [-0.05, 0) is 46.0 Å². The van der Waals surface area contributed by atoms with Crippen LogP contribution in [0.1, 0.15) is 50.4 Å². The fraction of sp³-hybridized carbons (Fsp3) is 0.733. The molecule has 1 fully saturated rings. The molecule has 1 heterocycles. The van der Waals surface area contributed by atoms with E-state index in [-0.39, 0.29) is 0 Å². The van der Waals surface area contributed by atoms with Crippen LogP contribution < -0.4 is 10.6 Å². The minimum absolute atomic E-state index is 0.393. The Morgan fingerprint density at radius 2 is 1.95 bits per heavy atom. The van der Waals surface area contributed by atoms with Crippen molar-refractivity contribution in [1.82, 2.24) is 9.97 Å². The molecule has 2 rings (SSSR count). The third kappa shape index (κ3) is 3.44. The molecule has 0 unspecified atom stereocenters. The van der Waals surface area contributed by atoms with Gasteiger partial charge in [0.2, 0.25) is 0 Å². The third-order valence-electron chi connectivity index (χ3n) is 3.97. The monoisotopic (exact) mass is 262 g/mol. The Labute approximate surface area is 116 Å². The molecular formula is C15H26N4. The first-order chi connectivity index (χ1) is 9.11. The van der Waals surface area contributed by atoms with E-state index in [1.165, 1.54) is 12.8 Å². The smallest absolute Gasteiger partial charge is 0.150 e. The molecule has 0 amide bonds. The van der Waals surface area contributed by atoms with Crippen LogP contribution in [0.5, 0.6) is 0 Å². The zero-order chi connectivity index (χ0) is 13.8. The minimum Gasteiger partial charge on any atom is -0.352 e. The van der Waals surface area contributed by atoms with Gasteiger partial charge in [0, 0.05) is 24.8 Å². The van der Waals surface area contributed by atoms with Crippen LogP contribution in [0.2, 0.25) is 0 Å². The maximum absolute atomic E-state index is 6.02. The van der Waals surface area contributed by atoms with Crippen molar-refractivity contribution < 1.29 is 0 Å². The number of nitrogens with zero attached hydrogens (tertiary/aromatic N) is 3. The third-order valence-corrected chi connectivity index (χ3v) is 3.97. The molecule has 0 bridgehead atoms. The standard InChI is InChI=1S/C15H26N4/c1-4-9-19(14-7-5-13(16)6-8-14)15-12(3)17-10-11(2)18-15/h10,13-14H,4-9,16H2,1-3H3. The average molecular weight is 262 g/mol. The van der Waals surface area contributed by atoms with Gasteiger partial charge >= 0.3 is 0 Å². The number of hydrogen-bond acceptors (Lipinski definition) is 4. The van der Waals surface area contributed by atoms with E-state index in [9.17, 15) is 0 Å². The normalized spacial score (nSPS) is 23.4. The largest absolute Gasteiger partial charge is 0.352 e. The molecule has 4 nitrogen and oxygen atoms in total. The Kier molecular flexibility index (Phi) is 4.75. The number of aryl methyl sites for hydroxylation is 2. The first-order valence-corrected chi connectivity index (χ1v) is 7.44. The summed E-state index contributed by atoms with van der Waals surface area (Å²) in [5.41, 5.74) is 8.05. The predicted octanol–water partition coefficient (Wildman–Crippen LogP) is 2.58. The molecule has 1 aromatic rings. The molecule has 0 atom stereocenters. The summed E-state index contributed by atoms with van der Waals surface area (Å²) in [4.78, 5) is 11.6. The Morgan fingerprint density at radius 3 is 2.58 bits per heavy atom. The summed E-state index contributed by atoms with van der Waals surface area (Å²) in [6.07, 6.45) is 7.59. The molecule has 0 aromatic carbocycles. The van der Waals surface area contributed by atoms with E-state index in [0.717, 1.165) is 43.0 Å². The van der Waals surface area contributed by atoms with E-state index < -0.39 is 0 Å². The van der Waals surface area contributed by atoms with Gasteiger partial charge in [-0.2, -0.15) is 0 Å². The van der Waals surface area contributed by atoms with E-state index in [2.05, 4.69) is 23.7 Å². The summed E-state index contributed by atoms with van der Waals surface area (Å²) in [6.45, 7) is 7.34. The summed E-state index contributed by atoms with van der Waals surface area (Å²) < 4.78 is 0. The molecule has 106 valence electrons. The van der Waals surface area contributed by atoms with Crippen molar-refractivity contribution in [3.63, 3.8) is 0 Å². The van der Waals surface area contributed by atoms with Crippen molar-refractivity contribution in [1.29, 1.82) is 0 Å². The summed E-state index contributed by atoms with van der Waals surface area (Å²) >= 11 is 0. The molecular weight excluding hydrogens is 236 g/mol. The molecule has 0 aliphatic heterocycles. The lowest BCUT2D eigenvalue weighted by atomic mass is 9.90. The highest BCUT2D eigenvalue weighted by molar-refractivity contribution is 5.44. The molecule has 1 aromatic heterocycles. The predicted molar refractivity (Wildman–Crippen MR) is 79.4 cm³/mol. The van der Waals surface area contributed by atoms with Crippen molar-refractivity contribution >= 4 is 5.82 Å². The highest BCUT2D eigenvalue weighted by Crippen LogP contribution is 2.27. The van der Waals surface area contributed by atoms with Crippen LogP contribution in [-0.4, -0.2) is 28.6 Å². The zero-order valence-electron chi connectivity index (χ0n) is 12.4. The Balaban J connectivity index is 2.21. The maximum atomic E-state index is 6.02. The molecule has 0 spiro atoms. The van der Waals surface area contributed by atoms with Crippen LogP contribution in [-0.2, 0) is 0 Å². The minimum atomic E-state index is 0.393. The molecule has 2 N–H and O–H groups in total. The van der Waals surface area contributed by atoms with Gasteiger partial charge in [-0.25, -0.2) is 4.98 Å². The topological polar surface area (TPSA) is 55.0 Å². The van der Waals surface area contributed by atoms with Crippen molar-refractivity contribution in [2.45, 2.75) is 65.0 Å². The first kappa shape index (κ1) is 14.3. The lowest BCUT2D eigenvalue weighted by molar-refractivity contribution is 0.373. The molecule has 4 heteroatoms. The fourth-order valence-corrected chi connectivity index (χ4v) is 2.91. The number of anilines is 1. The molecule has 1 aliphatic rings.